The van der Waals surface area contributed by atoms with Crippen LogP contribution >= 0.6 is 0 Å². The van der Waals surface area contributed by atoms with Crippen molar-refractivity contribution in [3.63, 3.8) is 0 Å². The summed E-state index contributed by atoms with van der Waals surface area (Å²) >= 11 is 0. The van der Waals surface area contributed by atoms with Crippen molar-refractivity contribution in [2.45, 2.75) is 63.0 Å². The lowest BCUT2D eigenvalue weighted by Crippen LogP contribution is -2.36. The maximum Gasteiger partial charge on any atom is 0.416 e. The van der Waals surface area contributed by atoms with Crippen LogP contribution in [0.3, 0.4) is 0 Å². The number of anilines is 2. The molecule has 2 aliphatic rings. The third-order valence-electron chi connectivity index (χ3n) is 10.7. The smallest absolute Gasteiger partial charge is 0.416 e. The van der Waals surface area contributed by atoms with Crippen LogP contribution in [0.2, 0.25) is 0 Å². The van der Waals surface area contributed by atoms with Gasteiger partial charge in [0.2, 0.25) is 5.91 Å². The van der Waals surface area contributed by atoms with Crippen molar-refractivity contribution in [2.24, 2.45) is 0 Å². The van der Waals surface area contributed by atoms with E-state index in [1.165, 1.54) is 40.1 Å². The van der Waals surface area contributed by atoms with Crippen molar-refractivity contribution in [3.05, 3.63) is 121 Å². The van der Waals surface area contributed by atoms with E-state index in [0.29, 0.717) is 55.7 Å². The summed E-state index contributed by atoms with van der Waals surface area (Å²) in [6, 6.07) is 23.0. The molecule has 2 amide bonds. The number of β-amino-alcohol motifs (C(OH)–C–C–N with tert-alkyl or cyclic N) is 2. The first-order valence-electron chi connectivity index (χ1n) is 20.3. The van der Waals surface area contributed by atoms with Crippen LogP contribution in [0.5, 0.6) is 0 Å². The first-order chi connectivity index (χ1) is 30.7. The molecule has 2 saturated heterocycles. The van der Waals surface area contributed by atoms with Crippen molar-refractivity contribution in [1.82, 2.24) is 30.2 Å². The van der Waals surface area contributed by atoms with Gasteiger partial charge in [0.1, 0.15) is 17.0 Å². The summed E-state index contributed by atoms with van der Waals surface area (Å²) in [5.41, 5.74) is -0.226. The predicted octanol–water partition coefficient (Wildman–Crippen LogP) is 8.19. The zero-order valence-electron chi connectivity index (χ0n) is 35.2. The monoisotopic (exact) mass is 902 g/mol. The number of carbonyl (C=O) groups is 2. The molecule has 0 spiro atoms. The van der Waals surface area contributed by atoms with Gasteiger partial charge in [0.25, 0.3) is 0 Å². The first-order valence-corrected chi connectivity index (χ1v) is 20.3. The van der Waals surface area contributed by atoms with E-state index in [0.717, 1.165) is 24.3 Å². The molecule has 19 heteroatoms. The second-order valence-corrected chi connectivity index (χ2v) is 16.5. The minimum absolute atomic E-state index is 0.113. The van der Waals surface area contributed by atoms with Gasteiger partial charge in [-0.2, -0.15) is 26.3 Å². The summed E-state index contributed by atoms with van der Waals surface area (Å²) in [4.78, 5) is 27.1. The molecule has 8 rings (SSSR count). The number of nitrogens with one attached hydrogen (secondary N) is 2. The van der Waals surface area contributed by atoms with Gasteiger partial charge in [-0.15, -0.1) is 20.4 Å². The van der Waals surface area contributed by atoms with E-state index >= 15 is 0 Å². The van der Waals surface area contributed by atoms with E-state index in [-0.39, 0.29) is 32.1 Å². The molecule has 2 aromatic heterocycles. The molecule has 0 saturated carbocycles. The van der Waals surface area contributed by atoms with E-state index in [9.17, 15) is 46.1 Å². The van der Waals surface area contributed by atoms with Crippen LogP contribution in [-0.4, -0.2) is 108 Å². The van der Waals surface area contributed by atoms with Gasteiger partial charge in [0.05, 0.1) is 42.0 Å². The van der Waals surface area contributed by atoms with Crippen LogP contribution in [0.25, 0.3) is 44.1 Å². The lowest BCUT2D eigenvalue weighted by atomic mass is 10.0. The van der Waals surface area contributed by atoms with Crippen LogP contribution in [0.4, 0.5) is 42.8 Å². The number of benzene rings is 4. The number of ether oxygens (including phenoxy) is 1. The number of carbonyl (C=O) groups excluding carboxylic acids is 2. The Labute approximate surface area is 368 Å². The summed E-state index contributed by atoms with van der Waals surface area (Å²) in [7, 11) is 0. The molecule has 0 aliphatic carbocycles. The number of nitrogens with zero attached hydrogens (tertiary/aromatic N) is 6. The molecule has 0 bridgehead atoms. The van der Waals surface area contributed by atoms with Crippen molar-refractivity contribution < 1.29 is 50.9 Å². The second kappa shape index (κ2) is 18.3. The standard InChI is InChI=1S/C24H25F3N4O3.C22H19F3N4O2/c1-23(2,3)34-22(33)31-12-18(19(32)13-31)28-21-17-7-5-4-6-16(17)20(29-30-21)14-8-10-15(11-9-14)24(25,26)27;1-2-19(31)29-11-17(18(30)12-29)26-21-16-6-4-3-5-15(16)20(27-28-21)13-7-9-14(10-8-13)22(23,24)25/h4-11,18-19,32H,12-13H2,1-3H3,(H,28,30);2-10,17-18,30H,1,11-12H2,(H,26,28)/t18-,19+;17-,18+/m11/s1. The molecule has 0 radical (unpaired) electrons. The topological polar surface area (TPSA) is 166 Å². The van der Waals surface area contributed by atoms with E-state index < -0.39 is 59.5 Å². The lowest BCUT2D eigenvalue weighted by Gasteiger charge is -2.24. The molecule has 340 valence electrons. The largest absolute Gasteiger partial charge is 0.444 e. The molecule has 4 atom stereocenters. The maximum atomic E-state index is 12.9. The summed E-state index contributed by atoms with van der Waals surface area (Å²) in [5.74, 6) is 0.557. The van der Waals surface area contributed by atoms with Gasteiger partial charge >= 0.3 is 18.4 Å². The van der Waals surface area contributed by atoms with Crippen molar-refractivity contribution in [2.75, 3.05) is 36.8 Å². The molecule has 2 aliphatic heterocycles. The average molecular weight is 903 g/mol. The number of aliphatic hydroxyl groups excluding tert-OH is 2. The predicted molar refractivity (Wildman–Crippen MR) is 231 cm³/mol. The first kappa shape index (κ1) is 46.1. The highest BCUT2D eigenvalue weighted by Gasteiger charge is 2.38. The zero-order chi connectivity index (χ0) is 46.8. The molecule has 65 heavy (non-hydrogen) atoms. The van der Waals surface area contributed by atoms with Crippen molar-refractivity contribution >= 4 is 45.2 Å². The Morgan fingerprint density at radius 1 is 0.615 bits per heavy atom. The SMILES string of the molecule is C=CC(=O)N1C[C@H](O)[C@H](Nc2nnc(-c3ccc(C(F)(F)F)cc3)c3ccccc23)C1.CC(C)(C)OC(=O)N1C[C@H](O)[C@H](Nc2nnc(-c3ccc(C(F)(F)F)cc3)c3ccccc23)C1. The third kappa shape index (κ3) is 10.6. The third-order valence-corrected chi connectivity index (χ3v) is 10.7. The molecule has 6 aromatic rings. The highest BCUT2D eigenvalue weighted by molar-refractivity contribution is 6.01. The van der Waals surface area contributed by atoms with Crippen LogP contribution in [0.15, 0.2) is 110 Å². The summed E-state index contributed by atoms with van der Waals surface area (Å²) in [5, 5.41) is 46.9. The molecule has 4 aromatic carbocycles. The van der Waals surface area contributed by atoms with Gasteiger partial charge in [-0.05, 0) is 51.1 Å². The number of alkyl halides is 6. The zero-order valence-corrected chi connectivity index (χ0v) is 35.2. The van der Waals surface area contributed by atoms with E-state index in [4.69, 9.17) is 4.74 Å². The number of hydrogen-bond acceptors (Lipinski definition) is 11. The molecule has 4 N–H and O–H groups in total. The summed E-state index contributed by atoms with van der Waals surface area (Å²) < 4.78 is 82.8. The van der Waals surface area contributed by atoms with E-state index in [1.807, 2.05) is 24.3 Å². The fraction of sp³-hybridized carbons (Fsp3) is 0.304. The highest BCUT2D eigenvalue weighted by Crippen LogP contribution is 2.36. The van der Waals surface area contributed by atoms with Gasteiger partial charge in [0, 0.05) is 52.3 Å². The highest BCUT2D eigenvalue weighted by atomic mass is 19.4. The van der Waals surface area contributed by atoms with Crippen LogP contribution in [-0.2, 0) is 21.9 Å². The van der Waals surface area contributed by atoms with Gasteiger partial charge in [0.15, 0.2) is 11.6 Å². The molecule has 13 nitrogen and oxygen atoms in total. The minimum Gasteiger partial charge on any atom is -0.444 e. The number of aromatic nitrogens is 4. The number of halogens is 6. The Kier molecular flexibility index (Phi) is 13.0. The Morgan fingerprint density at radius 3 is 1.38 bits per heavy atom. The second-order valence-electron chi connectivity index (χ2n) is 16.5. The normalized spacial score (nSPS) is 18.9. The maximum absolute atomic E-state index is 12.9. The molecular formula is C46H44F6N8O5. The van der Waals surface area contributed by atoms with Crippen LogP contribution in [0, 0.1) is 0 Å². The van der Waals surface area contributed by atoms with Gasteiger partial charge < -0.3 is 35.4 Å². The molecule has 2 fully saturated rings. The molecular weight excluding hydrogens is 859 g/mol. The Hall–Kier alpha value is -6.86. The van der Waals surface area contributed by atoms with Crippen LogP contribution in [0.1, 0.15) is 31.9 Å². The van der Waals surface area contributed by atoms with Crippen molar-refractivity contribution in [1.29, 1.82) is 0 Å². The minimum atomic E-state index is -4.42. The number of fused-ring (bicyclic) bond motifs is 2. The van der Waals surface area contributed by atoms with Gasteiger partial charge in [-0.25, -0.2) is 4.79 Å². The van der Waals surface area contributed by atoms with Gasteiger partial charge in [-0.3, -0.25) is 4.79 Å². The summed E-state index contributed by atoms with van der Waals surface area (Å²) in [6.45, 7) is 9.56. The fourth-order valence-electron chi connectivity index (χ4n) is 7.47. The number of likely N-dealkylation sites (tertiary alicyclic amines) is 2. The molecule has 4 heterocycles. The molecule has 0 unspecified atom stereocenters. The fourth-order valence-corrected chi connectivity index (χ4v) is 7.47. The number of amides is 2. The quantitative estimate of drug-likeness (QED) is 0.0902. The Morgan fingerprint density at radius 2 is 1.00 bits per heavy atom. The Bertz CT molecular complexity index is 2690. The average Bonchev–Trinajstić information content (AvgIpc) is 3.83. The van der Waals surface area contributed by atoms with Crippen LogP contribution < -0.4 is 10.6 Å². The number of rotatable bonds is 7. The van der Waals surface area contributed by atoms with Gasteiger partial charge in [-0.1, -0.05) is 79.4 Å². The lowest BCUT2D eigenvalue weighted by molar-refractivity contribution is -0.138. The van der Waals surface area contributed by atoms with Crippen molar-refractivity contribution in [3.8, 4) is 22.5 Å². The van der Waals surface area contributed by atoms with E-state index in [1.54, 1.807) is 45.0 Å². The van der Waals surface area contributed by atoms with E-state index in [2.05, 4.69) is 37.6 Å². The Balaban J connectivity index is 0.000000195. The number of hydrogen-bond donors (Lipinski definition) is 4. The number of aliphatic hydroxyl groups is 2. The summed E-state index contributed by atoms with van der Waals surface area (Å²) in [6.07, 6.45) is -9.78.